The minimum absolute atomic E-state index is 0.0492. The van der Waals surface area contributed by atoms with Crippen molar-refractivity contribution in [2.24, 2.45) is 16.3 Å². The van der Waals surface area contributed by atoms with E-state index in [-0.39, 0.29) is 22.9 Å². The van der Waals surface area contributed by atoms with Crippen molar-refractivity contribution < 1.29 is 14.3 Å². The number of para-hydroxylation sites is 1. The fourth-order valence-corrected chi connectivity index (χ4v) is 5.61. The van der Waals surface area contributed by atoms with E-state index in [4.69, 9.17) is 9.73 Å². The molecule has 0 fully saturated rings. The van der Waals surface area contributed by atoms with Crippen molar-refractivity contribution in [3.8, 4) is 11.5 Å². The van der Waals surface area contributed by atoms with Crippen LogP contribution in [0.1, 0.15) is 54.1 Å². The van der Waals surface area contributed by atoms with Gasteiger partial charge in [-0.1, -0.05) is 68.4 Å². The van der Waals surface area contributed by atoms with Gasteiger partial charge in [-0.2, -0.15) is 0 Å². The number of Topliss-reactive ketones (excluding diaryl/α,β-unsaturated/α-hetero) is 2. The largest absolute Gasteiger partial charge is 0.457 e. The van der Waals surface area contributed by atoms with Crippen LogP contribution in [0, 0.1) is 11.3 Å². The first-order chi connectivity index (χ1) is 16.4. The van der Waals surface area contributed by atoms with E-state index in [1.807, 2.05) is 78.9 Å². The highest BCUT2D eigenvalue weighted by Crippen LogP contribution is 2.51. The number of hydrogen-bond donors (Lipinski definition) is 0. The van der Waals surface area contributed by atoms with E-state index in [0.29, 0.717) is 23.3 Å². The molecule has 6 rings (SSSR count). The number of allylic oxidation sites excluding steroid dienone is 2. The molecule has 0 radical (unpaired) electrons. The van der Waals surface area contributed by atoms with E-state index in [1.54, 1.807) is 0 Å². The van der Waals surface area contributed by atoms with Gasteiger partial charge in [0.15, 0.2) is 11.6 Å². The van der Waals surface area contributed by atoms with Gasteiger partial charge in [-0.05, 0) is 41.7 Å². The minimum atomic E-state index is -0.470. The molecule has 2 atom stereocenters. The Hall–Kier alpha value is -3.79. The number of nitrogens with zero attached hydrogens (tertiary/aromatic N) is 1. The number of fused-ring (bicyclic) bond motifs is 3. The minimum Gasteiger partial charge on any atom is -0.457 e. The van der Waals surface area contributed by atoms with E-state index in [0.717, 1.165) is 34.7 Å². The Morgan fingerprint density at radius 3 is 2.15 bits per heavy atom. The monoisotopic (exact) mass is 447 g/mol. The van der Waals surface area contributed by atoms with Crippen molar-refractivity contribution in [3.05, 3.63) is 107 Å². The number of ether oxygens (including phenoxy) is 1. The number of carbonyl (C=O) groups is 2. The highest BCUT2D eigenvalue weighted by Gasteiger charge is 2.50. The Morgan fingerprint density at radius 2 is 1.41 bits per heavy atom. The molecule has 0 amide bonds. The van der Waals surface area contributed by atoms with Crippen LogP contribution in [0.15, 0.2) is 95.1 Å². The molecule has 0 saturated carbocycles. The van der Waals surface area contributed by atoms with Gasteiger partial charge in [-0.25, -0.2) is 0 Å². The number of aliphatic imine (C=N–C) groups is 1. The second kappa shape index (κ2) is 7.63. The highest BCUT2D eigenvalue weighted by molar-refractivity contribution is 6.30. The van der Waals surface area contributed by atoms with Gasteiger partial charge in [0.25, 0.3) is 0 Å². The molecule has 2 unspecified atom stereocenters. The van der Waals surface area contributed by atoms with E-state index < -0.39 is 5.92 Å². The van der Waals surface area contributed by atoms with Gasteiger partial charge in [0.2, 0.25) is 0 Å². The van der Waals surface area contributed by atoms with E-state index in [2.05, 4.69) is 13.8 Å². The number of rotatable bonds is 3. The normalized spacial score (nSPS) is 22.6. The first kappa shape index (κ1) is 20.8. The molecule has 3 aromatic rings. The van der Waals surface area contributed by atoms with Crippen molar-refractivity contribution in [1.82, 2.24) is 0 Å². The molecule has 0 aromatic heterocycles. The van der Waals surface area contributed by atoms with Crippen LogP contribution in [0.25, 0.3) is 0 Å². The quantitative estimate of drug-likeness (QED) is 0.459. The van der Waals surface area contributed by atoms with E-state index in [1.165, 1.54) is 0 Å². The summed E-state index contributed by atoms with van der Waals surface area (Å²) in [6, 6.07) is 25.1. The fourth-order valence-electron chi connectivity index (χ4n) is 5.61. The molecule has 4 heteroatoms. The van der Waals surface area contributed by atoms with E-state index >= 15 is 0 Å². The lowest BCUT2D eigenvalue weighted by molar-refractivity contribution is -0.118. The Balaban J connectivity index is 1.45. The molecule has 1 heterocycles. The van der Waals surface area contributed by atoms with Gasteiger partial charge in [0, 0.05) is 34.7 Å². The summed E-state index contributed by atoms with van der Waals surface area (Å²) in [5, 5.41) is 0. The Labute approximate surface area is 199 Å². The third-order valence-corrected chi connectivity index (χ3v) is 7.06. The van der Waals surface area contributed by atoms with Crippen molar-refractivity contribution in [2.45, 2.75) is 32.6 Å². The van der Waals surface area contributed by atoms with Crippen molar-refractivity contribution in [2.75, 3.05) is 0 Å². The SMILES string of the molecule is CC1(C)CC(=O)C2=C(C1)N=C1c3ccccc3C(=O)C1C2c1ccc(Oc2ccccc2)cc1. The lowest BCUT2D eigenvalue weighted by Gasteiger charge is -2.38. The summed E-state index contributed by atoms with van der Waals surface area (Å²) in [6.07, 6.45) is 1.20. The van der Waals surface area contributed by atoms with Crippen LogP contribution in [0.5, 0.6) is 11.5 Å². The second-order valence-corrected chi connectivity index (χ2v) is 10.1. The van der Waals surface area contributed by atoms with Crippen LogP contribution < -0.4 is 4.74 Å². The molecule has 1 aliphatic heterocycles. The Morgan fingerprint density at radius 1 is 0.765 bits per heavy atom. The summed E-state index contributed by atoms with van der Waals surface area (Å²) < 4.78 is 5.96. The van der Waals surface area contributed by atoms with Gasteiger partial charge in [-0.15, -0.1) is 0 Å². The summed E-state index contributed by atoms with van der Waals surface area (Å²) in [5.74, 6) is 0.823. The molecule has 0 bridgehead atoms. The molecule has 34 heavy (non-hydrogen) atoms. The summed E-state index contributed by atoms with van der Waals surface area (Å²) in [4.78, 5) is 32.0. The summed E-state index contributed by atoms with van der Waals surface area (Å²) in [5.41, 5.74) is 4.75. The summed E-state index contributed by atoms with van der Waals surface area (Å²) >= 11 is 0. The molecular formula is C30H25NO3. The predicted molar refractivity (Wildman–Crippen MR) is 132 cm³/mol. The molecule has 0 saturated heterocycles. The molecular weight excluding hydrogens is 422 g/mol. The van der Waals surface area contributed by atoms with Gasteiger partial charge >= 0.3 is 0 Å². The maximum Gasteiger partial charge on any atom is 0.173 e. The predicted octanol–water partition coefficient (Wildman–Crippen LogP) is 6.52. The van der Waals surface area contributed by atoms with Gasteiger partial charge in [0.05, 0.1) is 11.6 Å². The first-order valence-corrected chi connectivity index (χ1v) is 11.7. The first-order valence-electron chi connectivity index (χ1n) is 11.7. The highest BCUT2D eigenvalue weighted by atomic mass is 16.5. The van der Waals surface area contributed by atoms with Crippen molar-refractivity contribution >= 4 is 17.3 Å². The Kier molecular flexibility index (Phi) is 4.66. The zero-order valence-corrected chi connectivity index (χ0v) is 19.2. The van der Waals surface area contributed by atoms with E-state index in [9.17, 15) is 9.59 Å². The van der Waals surface area contributed by atoms with Crippen LogP contribution in [-0.4, -0.2) is 17.3 Å². The van der Waals surface area contributed by atoms with Gasteiger partial charge in [0.1, 0.15) is 11.5 Å². The average Bonchev–Trinajstić information content (AvgIpc) is 3.10. The Bertz CT molecular complexity index is 1380. The van der Waals surface area contributed by atoms with Crippen molar-refractivity contribution in [1.29, 1.82) is 0 Å². The van der Waals surface area contributed by atoms with Crippen LogP contribution in [0.4, 0.5) is 0 Å². The number of carbonyl (C=O) groups excluding carboxylic acids is 2. The number of ketones is 2. The van der Waals surface area contributed by atoms with Crippen LogP contribution in [0.2, 0.25) is 0 Å². The average molecular weight is 448 g/mol. The van der Waals surface area contributed by atoms with Crippen LogP contribution in [0.3, 0.4) is 0 Å². The zero-order chi connectivity index (χ0) is 23.4. The van der Waals surface area contributed by atoms with Crippen molar-refractivity contribution in [3.63, 3.8) is 0 Å². The second-order valence-electron chi connectivity index (χ2n) is 10.1. The lowest BCUT2D eigenvalue weighted by Crippen LogP contribution is -2.37. The molecule has 0 spiro atoms. The molecule has 0 N–H and O–H groups in total. The molecule has 3 aliphatic rings. The van der Waals surface area contributed by atoms with Gasteiger partial charge < -0.3 is 4.74 Å². The van der Waals surface area contributed by atoms with Crippen LogP contribution in [-0.2, 0) is 4.79 Å². The fraction of sp³-hybridized carbons (Fsp3) is 0.233. The third kappa shape index (κ3) is 3.33. The van der Waals surface area contributed by atoms with Gasteiger partial charge in [-0.3, -0.25) is 14.6 Å². The number of benzene rings is 3. The topological polar surface area (TPSA) is 55.7 Å². The lowest BCUT2D eigenvalue weighted by atomic mass is 9.66. The standard InChI is InChI=1S/C30H25NO3/c1-30(2)16-23-26(24(32)17-30)25(27-28(31-23)21-10-6-7-11-22(21)29(27)33)18-12-14-20(15-13-18)34-19-8-4-3-5-9-19/h3-15,25,27H,16-17H2,1-2H3. The molecule has 2 aliphatic carbocycles. The maximum atomic E-state index is 13.6. The molecule has 168 valence electrons. The van der Waals surface area contributed by atoms with Crippen LogP contribution >= 0.6 is 0 Å². The summed E-state index contributed by atoms with van der Waals surface area (Å²) in [7, 11) is 0. The molecule has 3 aromatic carbocycles. The molecule has 4 nitrogen and oxygen atoms in total. The summed E-state index contributed by atoms with van der Waals surface area (Å²) in [6.45, 7) is 4.22. The number of hydrogen-bond acceptors (Lipinski definition) is 4. The third-order valence-electron chi connectivity index (χ3n) is 7.06. The zero-order valence-electron chi connectivity index (χ0n) is 19.2. The smallest absolute Gasteiger partial charge is 0.173 e. The maximum absolute atomic E-state index is 13.6.